The molecule has 0 aromatic carbocycles. The normalized spacial score (nSPS) is 9.14. The Hall–Kier alpha value is -2.89. The number of nitrogens with two attached hydrogens (primary N) is 1. The largest absolute Gasteiger partial charge is 0.396 e. The van der Waals surface area contributed by atoms with Gasteiger partial charge in [0, 0.05) is 50.6 Å². The molecule has 0 bridgehead atoms. The predicted molar refractivity (Wildman–Crippen MR) is 157 cm³/mol. The van der Waals surface area contributed by atoms with E-state index in [-0.39, 0.29) is 6.61 Å². The second-order valence-electron chi connectivity index (χ2n) is 6.35. The molecular weight excluding hydrogens is 438 g/mol. The number of anilines is 2. The SMILES string of the molecule is C=C(N)Nc1cc(NCCCCNCCC)c(/C=C/CCO)cn1.CC.CC.CC#N.CC=NC. The average Bonchev–Trinajstić information content (AvgIpc) is 2.87. The maximum absolute atomic E-state index is 8.90. The van der Waals surface area contributed by atoms with Gasteiger partial charge in [-0.3, -0.25) is 0 Å². The minimum atomic E-state index is 0.143. The Balaban J connectivity index is -0.000000372. The van der Waals surface area contributed by atoms with Crippen LogP contribution < -0.4 is 21.7 Å². The van der Waals surface area contributed by atoms with Crippen molar-refractivity contribution in [1.82, 2.24) is 10.3 Å². The summed E-state index contributed by atoms with van der Waals surface area (Å²) in [6.07, 6.45) is 11.5. The van der Waals surface area contributed by atoms with E-state index in [2.05, 4.69) is 39.4 Å². The molecule has 0 aliphatic carbocycles. The number of aliphatic imine (C=N–C) groups is 1. The highest BCUT2D eigenvalue weighted by Gasteiger charge is 2.03. The van der Waals surface area contributed by atoms with Crippen LogP contribution in [0.2, 0.25) is 0 Å². The van der Waals surface area contributed by atoms with Crippen LogP contribution in [-0.4, -0.2) is 49.6 Å². The van der Waals surface area contributed by atoms with Crippen molar-refractivity contribution in [1.29, 1.82) is 5.26 Å². The fraction of sp³-hybridized carbons (Fsp3) is 0.593. The standard InChI is InChI=1S/C18H31N5O.C3H7N.C2H3N.2C2H6/c1-3-9-20-10-5-6-11-21-17-13-18(23-15(2)19)22-14-16(17)8-4-7-12-24;1-3-4-2;1-2-3;2*1-2/h4,8,13-14,20,24H,2-3,5-7,9-12,19H2,1H3,(H2,21,22,23);3H,1-2H3;1H3;2*1-2H3/b8-4+;;;;. The molecule has 0 spiro atoms. The van der Waals surface area contributed by atoms with E-state index < -0.39 is 0 Å². The van der Waals surface area contributed by atoms with E-state index in [9.17, 15) is 0 Å². The molecule has 0 amide bonds. The summed E-state index contributed by atoms with van der Waals surface area (Å²) in [6.45, 7) is 20.3. The minimum Gasteiger partial charge on any atom is -0.396 e. The molecule has 6 N–H and O–H groups in total. The van der Waals surface area contributed by atoms with Crippen molar-refractivity contribution in [2.45, 2.75) is 74.1 Å². The van der Waals surface area contributed by atoms with Crippen molar-refractivity contribution in [2.24, 2.45) is 10.7 Å². The molecule has 0 aliphatic rings. The number of unbranched alkanes of at least 4 members (excludes halogenated alkanes) is 1. The molecule has 0 atom stereocenters. The van der Waals surface area contributed by atoms with E-state index in [1.807, 2.05) is 52.8 Å². The van der Waals surface area contributed by atoms with Crippen LogP contribution in [0.4, 0.5) is 11.5 Å². The number of aliphatic hydroxyl groups is 1. The molecule has 1 aromatic rings. The number of rotatable bonds is 13. The molecule has 8 nitrogen and oxygen atoms in total. The van der Waals surface area contributed by atoms with Gasteiger partial charge in [0.2, 0.25) is 0 Å². The molecule has 0 radical (unpaired) electrons. The zero-order valence-electron chi connectivity index (χ0n) is 23.6. The van der Waals surface area contributed by atoms with E-state index in [4.69, 9.17) is 16.1 Å². The summed E-state index contributed by atoms with van der Waals surface area (Å²) < 4.78 is 0. The number of nitrogens with zero attached hydrogens (tertiary/aromatic N) is 3. The van der Waals surface area contributed by atoms with Gasteiger partial charge in [0.15, 0.2) is 0 Å². The van der Waals surface area contributed by atoms with E-state index in [0.29, 0.717) is 18.1 Å². The summed E-state index contributed by atoms with van der Waals surface area (Å²) in [5.41, 5.74) is 7.55. The predicted octanol–water partition coefficient (Wildman–Crippen LogP) is 5.80. The molecule has 0 aliphatic heterocycles. The lowest BCUT2D eigenvalue weighted by Gasteiger charge is -2.12. The van der Waals surface area contributed by atoms with Crippen molar-refractivity contribution in [3.05, 3.63) is 36.3 Å². The molecule has 1 aromatic heterocycles. The summed E-state index contributed by atoms with van der Waals surface area (Å²) in [4.78, 5) is 7.93. The van der Waals surface area contributed by atoms with Gasteiger partial charge < -0.3 is 31.8 Å². The van der Waals surface area contributed by atoms with Crippen LogP contribution in [0.1, 0.15) is 79.7 Å². The van der Waals surface area contributed by atoms with Crippen LogP contribution >= 0.6 is 0 Å². The fourth-order valence-corrected chi connectivity index (χ4v) is 2.17. The Morgan fingerprint density at radius 1 is 1.23 bits per heavy atom. The Morgan fingerprint density at radius 2 is 1.80 bits per heavy atom. The van der Waals surface area contributed by atoms with Crippen molar-refractivity contribution >= 4 is 23.8 Å². The van der Waals surface area contributed by atoms with Crippen LogP contribution in [0, 0.1) is 11.3 Å². The third-order valence-electron chi connectivity index (χ3n) is 3.60. The topological polar surface area (TPSA) is 131 Å². The highest BCUT2D eigenvalue weighted by molar-refractivity contribution is 5.69. The minimum absolute atomic E-state index is 0.143. The molecule has 0 unspecified atom stereocenters. The quantitative estimate of drug-likeness (QED) is 0.174. The average molecular weight is 492 g/mol. The van der Waals surface area contributed by atoms with Crippen molar-refractivity contribution in [3.8, 4) is 6.07 Å². The van der Waals surface area contributed by atoms with Gasteiger partial charge in [0.1, 0.15) is 5.82 Å². The summed E-state index contributed by atoms with van der Waals surface area (Å²) >= 11 is 0. The summed E-state index contributed by atoms with van der Waals surface area (Å²) in [7, 11) is 1.75. The van der Waals surface area contributed by atoms with E-state index in [1.165, 1.54) is 13.3 Å². The first kappa shape index (κ1) is 39.3. The number of nitrogens with one attached hydrogen (secondary N) is 3. The first-order valence-corrected chi connectivity index (χ1v) is 12.6. The van der Waals surface area contributed by atoms with Crippen LogP contribution in [0.5, 0.6) is 0 Å². The maximum Gasteiger partial charge on any atom is 0.133 e. The Bertz CT molecular complexity index is 664. The van der Waals surface area contributed by atoms with Crippen molar-refractivity contribution in [3.63, 3.8) is 0 Å². The summed E-state index contributed by atoms with van der Waals surface area (Å²) in [5.74, 6) is 1.02. The first-order valence-electron chi connectivity index (χ1n) is 12.6. The van der Waals surface area contributed by atoms with E-state index in [0.717, 1.165) is 43.7 Å². The zero-order valence-corrected chi connectivity index (χ0v) is 23.6. The van der Waals surface area contributed by atoms with Crippen molar-refractivity contribution in [2.75, 3.05) is 43.9 Å². The Kier molecular flexibility index (Phi) is 40.1. The molecule has 8 heteroatoms. The maximum atomic E-state index is 8.90. The van der Waals surface area contributed by atoms with Gasteiger partial charge >= 0.3 is 0 Å². The number of nitriles is 1. The summed E-state index contributed by atoms with van der Waals surface area (Å²) in [5, 5.41) is 26.0. The van der Waals surface area contributed by atoms with Crippen LogP contribution in [0.15, 0.2) is 35.7 Å². The van der Waals surface area contributed by atoms with E-state index in [1.54, 1.807) is 25.5 Å². The molecule has 1 rings (SSSR count). The molecule has 0 fully saturated rings. The Labute approximate surface area is 215 Å². The van der Waals surface area contributed by atoms with Gasteiger partial charge in [-0.2, -0.15) is 5.26 Å². The van der Waals surface area contributed by atoms with Crippen LogP contribution in [0.3, 0.4) is 0 Å². The lowest BCUT2D eigenvalue weighted by atomic mass is 10.2. The van der Waals surface area contributed by atoms with Crippen LogP contribution in [0.25, 0.3) is 6.08 Å². The van der Waals surface area contributed by atoms with Gasteiger partial charge in [-0.1, -0.05) is 53.3 Å². The third kappa shape index (κ3) is 31.1. The number of hydrogen-bond donors (Lipinski definition) is 5. The number of hydrogen-bond acceptors (Lipinski definition) is 8. The monoisotopic (exact) mass is 491 g/mol. The second-order valence-corrected chi connectivity index (χ2v) is 6.35. The smallest absolute Gasteiger partial charge is 0.133 e. The molecule has 1 heterocycles. The summed E-state index contributed by atoms with van der Waals surface area (Å²) in [6, 6.07) is 3.67. The number of aliphatic hydroxyl groups excluding tert-OH is 1. The third-order valence-corrected chi connectivity index (χ3v) is 3.60. The number of pyridine rings is 1. The molecule has 0 saturated carbocycles. The van der Waals surface area contributed by atoms with Gasteiger partial charge in [0.05, 0.1) is 11.9 Å². The van der Waals surface area contributed by atoms with Gasteiger partial charge in [-0.15, -0.1) is 0 Å². The molecule has 35 heavy (non-hydrogen) atoms. The van der Waals surface area contributed by atoms with Gasteiger partial charge in [-0.25, -0.2) is 4.98 Å². The van der Waals surface area contributed by atoms with E-state index >= 15 is 0 Å². The lowest BCUT2D eigenvalue weighted by Crippen LogP contribution is -2.17. The fourth-order valence-electron chi connectivity index (χ4n) is 2.17. The molecule has 202 valence electrons. The van der Waals surface area contributed by atoms with Gasteiger partial charge in [0.25, 0.3) is 0 Å². The lowest BCUT2D eigenvalue weighted by molar-refractivity contribution is 0.303. The first-order chi connectivity index (χ1) is 17.0. The second kappa shape index (κ2) is 35.7. The molecular formula is C27H53N7O. The highest BCUT2D eigenvalue weighted by atomic mass is 16.2. The van der Waals surface area contributed by atoms with Crippen molar-refractivity contribution < 1.29 is 5.11 Å². The van der Waals surface area contributed by atoms with Crippen LogP contribution in [-0.2, 0) is 0 Å². The zero-order chi connectivity index (χ0) is 27.7. The molecule has 0 saturated heterocycles. The Morgan fingerprint density at radius 3 is 2.29 bits per heavy atom. The highest BCUT2D eigenvalue weighted by Crippen LogP contribution is 2.21. The number of aromatic nitrogens is 1. The van der Waals surface area contributed by atoms with Gasteiger partial charge in [-0.05, 0) is 51.9 Å².